The second-order valence-corrected chi connectivity index (χ2v) is 5.08. The van der Waals surface area contributed by atoms with Crippen molar-refractivity contribution in [3.05, 3.63) is 0 Å². The topological polar surface area (TPSA) is 74.8 Å². The SMILES string of the molecule is CN=C(NCCCCC(C)C)NCC(=O)NCCOC. The van der Waals surface area contributed by atoms with Crippen molar-refractivity contribution in [3.8, 4) is 0 Å². The maximum Gasteiger partial charge on any atom is 0.239 e. The van der Waals surface area contributed by atoms with Crippen molar-refractivity contribution in [1.29, 1.82) is 0 Å². The van der Waals surface area contributed by atoms with E-state index in [4.69, 9.17) is 4.74 Å². The molecule has 118 valence electrons. The molecule has 0 fully saturated rings. The van der Waals surface area contributed by atoms with Gasteiger partial charge in [-0.15, -0.1) is 0 Å². The lowest BCUT2D eigenvalue weighted by Crippen LogP contribution is -2.43. The predicted molar refractivity (Wildman–Crippen MR) is 82.9 cm³/mol. The molecule has 0 heterocycles. The van der Waals surface area contributed by atoms with Crippen LogP contribution in [0, 0.1) is 5.92 Å². The summed E-state index contributed by atoms with van der Waals surface area (Å²) >= 11 is 0. The Bertz CT molecular complexity index is 280. The highest BCUT2D eigenvalue weighted by Crippen LogP contribution is 2.04. The van der Waals surface area contributed by atoms with Crippen molar-refractivity contribution in [1.82, 2.24) is 16.0 Å². The number of carbonyl (C=O) groups is 1. The summed E-state index contributed by atoms with van der Waals surface area (Å²) in [5, 5.41) is 8.92. The number of ether oxygens (including phenoxy) is 1. The number of rotatable bonds is 10. The zero-order chi connectivity index (χ0) is 15.2. The van der Waals surface area contributed by atoms with Crippen molar-refractivity contribution in [2.45, 2.75) is 33.1 Å². The maximum absolute atomic E-state index is 11.5. The molecule has 1 amide bonds. The molecular weight excluding hydrogens is 256 g/mol. The van der Waals surface area contributed by atoms with Gasteiger partial charge in [-0.3, -0.25) is 9.79 Å². The highest BCUT2D eigenvalue weighted by Gasteiger charge is 2.02. The molecule has 0 radical (unpaired) electrons. The number of carbonyl (C=O) groups excluding carboxylic acids is 1. The molecule has 0 atom stereocenters. The van der Waals surface area contributed by atoms with Gasteiger partial charge in [0.2, 0.25) is 5.91 Å². The minimum absolute atomic E-state index is 0.0650. The Labute approximate surface area is 122 Å². The molecule has 0 bridgehead atoms. The van der Waals surface area contributed by atoms with E-state index in [9.17, 15) is 4.79 Å². The molecule has 0 aromatic carbocycles. The lowest BCUT2D eigenvalue weighted by atomic mass is 10.1. The minimum Gasteiger partial charge on any atom is -0.383 e. The summed E-state index contributed by atoms with van der Waals surface area (Å²) < 4.78 is 4.86. The highest BCUT2D eigenvalue weighted by molar-refractivity contribution is 5.86. The van der Waals surface area contributed by atoms with Gasteiger partial charge in [-0.25, -0.2) is 0 Å². The third-order valence-corrected chi connectivity index (χ3v) is 2.77. The predicted octanol–water partition coefficient (Wildman–Crippen LogP) is 0.740. The minimum atomic E-state index is -0.0650. The number of nitrogens with zero attached hydrogens (tertiary/aromatic N) is 1. The van der Waals surface area contributed by atoms with Gasteiger partial charge in [0.1, 0.15) is 0 Å². The van der Waals surface area contributed by atoms with Gasteiger partial charge in [-0.1, -0.05) is 26.7 Å². The number of amides is 1. The lowest BCUT2D eigenvalue weighted by Gasteiger charge is -2.12. The van der Waals surface area contributed by atoms with Gasteiger partial charge in [-0.2, -0.15) is 0 Å². The molecule has 0 rings (SSSR count). The molecule has 20 heavy (non-hydrogen) atoms. The number of unbranched alkanes of at least 4 members (excludes halogenated alkanes) is 1. The molecular formula is C14H30N4O2. The monoisotopic (exact) mass is 286 g/mol. The van der Waals surface area contributed by atoms with Crippen LogP contribution in [-0.4, -0.2) is 52.3 Å². The number of nitrogens with one attached hydrogen (secondary N) is 3. The summed E-state index contributed by atoms with van der Waals surface area (Å²) in [4.78, 5) is 15.6. The van der Waals surface area contributed by atoms with Crippen LogP contribution in [0.15, 0.2) is 4.99 Å². The van der Waals surface area contributed by atoms with Gasteiger partial charge in [0.05, 0.1) is 13.2 Å². The molecule has 0 aliphatic heterocycles. The van der Waals surface area contributed by atoms with Crippen molar-refractivity contribution in [3.63, 3.8) is 0 Å². The van der Waals surface area contributed by atoms with Crippen molar-refractivity contribution in [2.75, 3.05) is 40.4 Å². The van der Waals surface area contributed by atoms with Crippen LogP contribution < -0.4 is 16.0 Å². The first-order chi connectivity index (χ1) is 9.60. The molecule has 0 saturated carbocycles. The van der Waals surface area contributed by atoms with Gasteiger partial charge < -0.3 is 20.7 Å². The van der Waals surface area contributed by atoms with Gasteiger partial charge in [0.25, 0.3) is 0 Å². The lowest BCUT2D eigenvalue weighted by molar-refractivity contribution is -0.120. The quantitative estimate of drug-likeness (QED) is 0.315. The van der Waals surface area contributed by atoms with Crippen LogP contribution in [0.3, 0.4) is 0 Å². The summed E-state index contributed by atoms with van der Waals surface area (Å²) in [5.41, 5.74) is 0. The largest absolute Gasteiger partial charge is 0.383 e. The summed E-state index contributed by atoms with van der Waals surface area (Å²) in [7, 11) is 3.31. The molecule has 6 nitrogen and oxygen atoms in total. The van der Waals surface area contributed by atoms with E-state index in [-0.39, 0.29) is 12.5 Å². The first-order valence-electron chi connectivity index (χ1n) is 7.30. The number of aliphatic imine (C=N–C) groups is 1. The average Bonchev–Trinajstić information content (AvgIpc) is 2.41. The fourth-order valence-electron chi connectivity index (χ4n) is 1.62. The fraction of sp³-hybridized carbons (Fsp3) is 0.857. The zero-order valence-corrected chi connectivity index (χ0v) is 13.3. The smallest absolute Gasteiger partial charge is 0.239 e. The Kier molecular flexibility index (Phi) is 11.9. The van der Waals surface area contributed by atoms with E-state index in [0.717, 1.165) is 18.9 Å². The number of methoxy groups -OCH3 is 1. The Morgan fingerprint density at radius 3 is 2.50 bits per heavy atom. The Balaban J connectivity index is 3.64. The molecule has 0 aromatic heterocycles. The molecule has 6 heteroatoms. The molecule has 0 saturated heterocycles. The van der Waals surface area contributed by atoms with Crippen LogP contribution in [-0.2, 0) is 9.53 Å². The van der Waals surface area contributed by atoms with E-state index >= 15 is 0 Å². The average molecular weight is 286 g/mol. The van der Waals surface area contributed by atoms with E-state index in [2.05, 4.69) is 34.8 Å². The van der Waals surface area contributed by atoms with E-state index in [1.54, 1.807) is 14.2 Å². The normalized spacial score (nSPS) is 11.6. The van der Waals surface area contributed by atoms with E-state index in [1.165, 1.54) is 12.8 Å². The summed E-state index contributed by atoms with van der Waals surface area (Å²) in [6.45, 7) is 6.60. The second-order valence-electron chi connectivity index (χ2n) is 5.08. The molecule has 0 spiro atoms. The number of hydrogen-bond donors (Lipinski definition) is 3. The molecule has 0 aromatic rings. The molecule has 0 unspecified atom stereocenters. The Morgan fingerprint density at radius 2 is 1.90 bits per heavy atom. The van der Waals surface area contributed by atoms with Gasteiger partial charge >= 0.3 is 0 Å². The van der Waals surface area contributed by atoms with Crippen LogP contribution in [0.2, 0.25) is 0 Å². The van der Waals surface area contributed by atoms with Crippen LogP contribution in [0.5, 0.6) is 0 Å². The molecule has 0 aliphatic carbocycles. The third kappa shape index (κ3) is 11.8. The van der Waals surface area contributed by atoms with Crippen molar-refractivity contribution < 1.29 is 9.53 Å². The van der Waals surface area contributed by atoms with Gasteiger partial charge in [0, 0.05) is 27.2 Å². The number of hydrogen-bond acceptors (Lipinski definition) is 3. The van der Waals surface area contributed by atoms with Gasteiger partial charge in [-0.05, 0) is 12.3 Å². The molecule has 0 aliphatic rings. The van der Waals surface area contributed by atoms with Crippen LogP contribution in [0.25, 0.3) is 0 Å². The highest BCUT2D eigenvalue weighted by atomic mass is 16.5. The summed E-state index contributed by atoms with van der Waals surface area (Å²) in [6.07, 6.45) is 3.56. The van der Waals surface area contributed by atoms with Crippen molar-refractivity contribution in [2.24, 2.45) is 10.9 Å². The number of guanidine groups is 1. The first-order valence-corrected chi connectivity index (χ1v) is 7.30. The summed E-state index contributed by atoms with van der Waals surface area (Å²) in [5.74, 6) is 1.35. The summed E-state index contributed by atoms with van der Waals surface area (Å²) in [6, 6.07) is 0. The van der Waals surface area contributed by atoms with E-state index in [0.29, 0.717) is 19.1 Å². The van der Waals surface area contributed by atoms with Crippen LogP contribution >= 0.6 is 0 Å². The zero-order valence-electron chi connectivity index (χ0n) is 13.3. The fourth-order valence-corrected chi connectivity index (χ4v) is 1.62. The standard InChI is InChI=1S/C14H30N4O2/c1-12(2)7-5-6-8-17-14(15-3)18-11-13(19)16-9-10-20-4/h12H,5-11H2,1-4H3,(H,16,19)(H2,15,17,18). The second kappa shape index (κ2) is 12.7. The van der Waals surface area contributed by atoms with Crippen LogP contribution in [0.4, 0.5) is 0 Å². The van der Waals surface area contributed by atoms with Crippen molar-refractivity contribution >= 4 is 11.9 Å². The van der Waals surface area contributed by atoms with E-state index in [1.807, 2.05) is 0 Å². The van der Waals surface area contributed by atoms with E-state index < -0.39 is 0 Å². The Morgan fingerprint density at radius 1 is 1.15 bits per heavy atom. The van der Waals surface area contributed by atoms with Crippen LogP contribution in [0.1, 0.15) is 33.1 Å². The Hall–Kier alpha value is -1.30. The first kappa shape index (κ1) is 18.7. The third-order valence-electron chi connectivity index (χ3n) is 2.77. The molecule has 3 N–H and O–H groups in total. The van der Waals surface area contributed by atoms with Gasteiger partial charge in [0.15, 0.2) is 5.96 Å². The maximum atomic E-state index is 11.5.